The zero-order valence-electron chi connectivity index (χ0n) is 29.8. The second kappa shape index (κ2) is 18.4. The number of methoxy groups -OCH3 is 2. The Morgan fingerprint density at radius 1 is 0.696 bits per heavy atom. The first-order chi connectivity index (χ1) is 26.8. The number of nitrogens with zero attached hydrogens (tertiary/aromatic N) is 6. The number of ether oxygens (including phenoxy) is 2. The molecule has 2 aromatic heterocycles. The number of carbonyl (C=O) groups is 2. The summed E-state index contributed by atoms with van der Waals surface area (Å²) >= 11 is 0. The van der Waals surface area contributed by atoms with E-state index < -0.39 is 39.6 Å². The summed E-state index contributed by atoms with van der Waals surface area (Å²) < 4.78 is 72.4. The number of phenolic OH excluding ortho intramolecular Hbond substituents is 1. The maximum absolute atomic E-state index is 14.1. The van der Waals surface area contributed by atoms with E-state index in [1.807, 2.05) is 6.07 Å². The Kier molecular flexibility index (Phi) is 13.2. The molecular formula is C36H35F2N9O8S. The number of rotatable bonds is 14. The summed E-state index contributed by atoms with van der Waals surface area (Å²) in [6, 6.07) is 18.3. The summed E-state index contributed by atoms with van der Waals surface area (Å²) in [5.41, 5.74) is 4.38. The molecule has 6 rings (SSSR count). The maximum Gasteiger partial charge on any atom is 0.357 e. The molecule has 292 valence electrons. The van der Waals surface area contributed by atoms with Gasteiger partial charge in [0.25, 0.3) is 0 Å². The van der Waals surface area contributed by atoms with Crippen LogP contribution in [0.15, 0.2) is 98.1 Å². The van der Waals surface area contributed by atoms with Crippen molar-refractivity contribution in [2.24, 2.45) is 0 Å². The number of carbonyl (C=O) groups excluding carboxylic acids is 2. The fourth-order valence-corrected chi connectivity index (χ4v) is 5.65. The number of aromatic nitrogens is 6. The molecule has 0 unspecified atom stereocenters. The molecule has 5 N–H and O–H groups in total. The van der Waals surface area contributed by atoms with Gasteiger partial charge in [-0.2, -0.15) is 18.6 Å². The first kappa shape index (κ1) is 40.3. The third-order valence-electron chi connectivity index (χ3n) is 7.73. The molecule has 56 heavy (non-hydrogen) atoms. The van der Waals surface area contributed by atoms with Gasteiger partial charge in [-0.1, -0.05) is 12.1 Å². The highest BCUT2D eigenvalue weighted by Crippen LogP contribution is 2.22. The Morgan fingerprint density at radius 3 is 1.59 bits per heavy atom. The lowest BCUT2D eigenvalue weighted by atomic mass is 10.1. The molecule has 0 aliphatic rings. The zero-order valence-corrected chi connectivity index (χ0v) is 30.6. The van der Waals surface area contributed by atoms with Gasteiger partial charge in [0.15, 0.2) is 11.6 Å². The normalized spacial score (nSPS) is 10.9. The lowest BCUT2D eigenvalue weighted by Crippen LogP contribution is -2.12. The number of benzene rings is 4. The molecule has 0 radical (unpaired) electrons. The summed E-state index contributed by atoms with van der Waals surface area (Å²) in [7, 11) is -1.97. The molecule has 0 aliphatic heterocycles. The molecule has 0 amide bonds. The van der Waals surface area contributed by atoms with E-state index in [0.29, 0.717) is 53.3 Å². The van der Waals surface area contributed by atoms with Crippen LogP contribution in [0.3, 0.4) is 0 Å². The van der Waals surface area contributed by atoms with Gasteiger partial charge in [0.05, 0.1) is 44.1 Å². The zero-order chi connectivity index (χ0) is 40.2. The largest absolute Gasteiger partial charge is 0.505 e. The number of halogens is 2. The van der Waals surface area contributed by atoms with Crippen LogP contribution in [-0.4, -0.2) is 73.8 Å². The first-order valence-electron chi connectivity index (χ1n) is 16.4. The second-order valence-corrected chi connectivity index (χ2v) is 13.0. The SMILES string of the molecule is COC(=O)c1cc(Cn2cncn2)cc(NCc2ccc(NS(=O)(=O)O)c(F)c2)c1.COC(=O)c1cc(Cn2cncn2)cc(NCc2ccc(O)c(F)c2)c1. The van der Waals surface area contributed by atoms with Crippen LogP contribution in [0.5, 0.6) is 5.75 Å². The predicted molar refractivity (Wildman–Crippen MR) is 198 cm³/mol. The van der Waals surface area contributed by atoms with Crippen LogP contribution in [0.4, 0.5) is 25.8 Å². The van der Waals surface area contributed by atoms with Crippen molar-refractivity contribution in [1.82, 2.24) is 29.5 Å². The highest BCUT2D eigenvalue weighted by atomic mass is 32.2. The highest BCUT2D eigenvalue weighted by Gasteiger charge is 2.13. The van der Waals surface area contributed by atoms with Crippen molar-refractivity contribution >= 4 is 39.3 Å². The van der Waals surface area contributed by atoms with Gasteiger partial charge in [-0.05, 0) is 82.9 Å². The molecule has 0 saturated heterocycles. The van der Waals surface area contributed by atoms with Gasteiger partial charge >= 0.3 is 22.2 Å². The average Bonchev–Trinajstić information content (AvgIpc) is 3.89. The molecule has 2 heterocycles. The Balaban J connectivity index is 0.000000216. The van der Waals surface area contributed by atoms with E-state index in [1.54, 1.807) is 63.1 Å². The number of hydrogen-bond donors (Lipinski definition) is 5. The fourth-order valence-electron chi connectivity index (χ4n) is 5.20. The van der Waals surface area contributed by atoms with Gasteiger partial charge in [0.1, 0.15) is 31.1 Å². The molecule has 0 spiro atoms. The van der Waals surface area contributed by atoms with Crippen LogP contribution >= 0.6 is 0 Å². The van der Waals surface area contributed by atoms with Gasteiger partial charge in [0.2, 0.25) is 0 Å². The van der Waals surface area contributed by atoms with Gasteiger partial charge in [0, 0.05) is 24.5 Å². The minimum Gasteiger partial charge on any atom is -0.505 e. The molecule has 0 atom stereocenters. The molecule has 0 bridgehead atoms. The summed E-state index contributed by atoms with van der Waals surface area (Å²) in [5, 5.41) is 23.6. The molecule has 6 aromatic rings. The first-order valence-corrected chi connectivity index (χ1v) is 17.8. The molecule has 4 aromatic carbocycles. The summed E-state index contributed by atoms with van der Waals surface area (Å²) in [6.45, 7) is 1.33. The number of anilines is 3. The van der Waals surface area contributed by atoms with E-state index in [1.165, 1.54) is 51.1 Å². The second-order valence-electron chi connectivity index (χ2n) is 11.9. The van der Waals surface area contributed by atoms with E-state index in [2.05, 4.69) is 30.8 Å². The van der Waals surface area contributed by atoms with Crippen LogP contribution in [0.2, 0.25) is 0 Å². The third kappa shape index (κ3) is 11.8. The van der Waals surface area contributed by atoms with Crippen LogP contribution < -0.4 is 15.4 Å². The maximum atomic E-state index is 14.1. The molecule has 0 fully saturated rings. The van der Waals surface area contributed by atoms with Crippen molar-refractivity contribution < 1.29 is 45.9 Å². The smallest absolute Gasteiger partial charge is 0.357 e. The average molecular weight is 792 g/mol. The van der Waals surface area contributed by atoms with Crippen molar-refractivity contribution in [2.75, 3.05) is 29.6 Å². The van der Waals surface area contributed by atoms with Crippen LogP contribution in [-0.2, 0) is 46.0 Å². The van der Waals surface area contributed by atoms with E-state index in [9.17, 15) is 31.9 Å². The lowest BCUT2D eigenvalue weighted by Gasteiger charge is -2.12. The van der Waals surface area contributed by atoms with Gasteiger partial charge in [-0.15, -0.1) is 0 Å². The summed E-state index contributed by atoms with van der Waals surface area (Å²) in [6.07, 6.45) is 5.96. The van der Waals surface area contributed by atoms with Crippen molar-refractivity contribution in [1.29, 1.82) is 0 Å². The Morgan fingerprint density at radius 2 is 1.18 bits per heavy atom. The number of phenols is 1. The van der Waals surface area contributed by atoms with Crippen LogP contribution in [0.25, 0.3) is 0 Å². The summed E-state index contributed by atoms with van der Waals surface area (Å²) in [4.78, 5) is 31.7. The number of nitrogens with one attached hydrogen (secondary N) is 3. The number of hydrogen-bond acceptors (Lipinski definition) is 13. The monoisotopic (exact) mass is 791 g/mol. The van der Waals surface area contributed by atoms with Gasteiger partial charge in [-0.3, -0.25) is 9.27 Å². The minimum absolute atomic E-state index is 0.191. The van der Waals surface area contributed by atoms with Crippen molar-refractivity contribution in [3.63, 3.8) is 0 Å². The minimum atomic E-state index is -4.57. The van der Waals surface area contributed by atoms with Gasteiger partial charge in [-0.25, -0.2) is 37.7 Å². The van der Waals surface area contributed by atoms with Crippen LogP contribution in [0.1, 0.15) is 43.0 Å². The van der Waals surface area contributed by atoms with Crippen molar-refractivity contribution in [2.45, 2.75) is 26.2 Å². The topological polar surface area (TPSA) is 225 Å². The number of esters is 2. The van der Waals surface area contributed by atoms with Gasteiger partial charge < -0.3 is 25.2 Å². The van der Waals surface area contributed by atoms with E-state index >= 15 is 0 Å². The molecule has 17 nitrogen and oxygen atoms in total. The van der Waals surface area contributed by atoms with E-state index in [-0.39, 0.29) is 12.2 Å². The quantitative estimate of drug-likeness (QED) is 0.0749. The Labute approximate surface area is 318 Å². The Hall–Kier alpha value is -6.93. The summed E-state index contributed by atoms with van der Waals surface area (Å²) in [5.74, 6) is -2.88. The third-order valence-corrected chi connectivity index (χ3v) is 8.21. The predicted octanol–water partition coefficient (Wildman–Crippen LogP) is 4.65. The van der Waals surface area contributed by atoms with E-state index in [4.69, 9.17) is 14.0 Å². The lowest BCUT2D eigenvalue weighted by molar-refractivity contribution is 0.0592. The fraction of sp³-hybridized carbons (Fsp3) is 0.167. The van der Waals surface area contributed by atoms with Crippen molar-refractivity contribution in [3.05, 3.63) is 143 Å². The Bertz CT molecular complexity index is 2400. The standard InChI is InChI=1S/C18H18FN5O5S.C18H17FN4O3/c1-29-18(25)14-4-13(9-24-11-20-10-22-24)5-15(7-14)21-8-12-2-3-17(16(19)6-12)23-30(26,27)28;1-26-18(25)14-4-13(9-23-11-20-10-22-23)5-15(7-14)21-8-12-2-3-17(24)16(19)6-12/h2-7,10-11,21,23H,8-9H2,1H3,(H,26,27,28);2-7,10-11,21,24H,8-9H2,1H3. The number of aromatic hydroxyl groups is 1. The molecular weight excluding hydrogens is 757 g/mol. The molecule has 0 saturated carbocycles. The molecule has 0 aliphatic carbocycles. The highest BCUT2D eigenvalue weighted by molar-refractivity contribution is 7.87. The molecule has 20 heteroatoms. The van der Waals surface area contributed by atoms with Crippen LogP contribution in [0, 0.1) is 11.6 Å². The van der Waals surface area contributed by atoms with Crippen molar-refractivity contribution in [3.8, 4) is 5.75 Å². The van der Waals surface area contributed by atoms with E-state index in [0.717, 1.165) is 17.2 Å².